The largest absolute Gasteiger partial charge is 0.326 e. The molecule has 2 unspecified atom stereocenters. The van der Waals surface area contributed by atoms with Gasteiger partial charge in [-0.1, -0.05) is 13.0 Å². The average Bonchev–Trinajstić information content (AvgIpc) is 2.50. The van der Waals surface area contributed by atoms with Crippen LogP contribution in [0, 0.1) is 0 Å². The molecule has 4 heteroatoms. The summed E-state index contributed by atoms with van der Waals surface area (Å²) in [7, 11) is 0. The van der Waals surface area contributed by atoms with Crippen LogP contribution in [0.1, 0.15) is 57.6 Å². The van der Waals surface area contributed by atoms with Gasteiger partial charge in [-0.05, 0) is 62.3 Å². The average molecular weight is 316 g/mol. The van der Waals surface area contributed by atoms with E-state index in [-0.39, 0.29) is 11.7 Å². The van der Waals surface area contributed by atoms with Gasteiger partial charge in [-0.15, -0.1) is 0 Å². The van der Waals surface area contributed by atoms with Crippen LogP contribution in [0.2, 0.25) is 0 Å². The molecular formula is C19H28N2O2. The van der Waals surface area contributed by atoms with Gasteiger partial charge >= 0.3 is 0 Å². The third-order valence-electron chi connectivity index (χ3n) is 4.56. The number of ketones is 1. The molecule has 126 valence electrons. The van der Waals surface area contributed by atoms with Crippen molar-refractivity contribution in [1.82, 2.24) is 5.32 Å². The smallest absolute Gasteiger partial charge is 0.221 e. The van der Waals surface area contributed by atoms with Crippen molar-refractivity contribution < 1.29 is 9.59 Å². The van der Waals surface area contributed by atoms with Crippen LogP contribution in [0.4, 0.5) is 5.69 Å². The molecule has 0 fully saturated rings. The van der Waals surface area contributed by atoms with Crippen molar-refractivity contribution in [2.24, 2.45) is 0 Å². The van der Waals surface area contributed by atoms with E-state index in [0.717, 1.165) is 37.8 Å². The van der Waals surface area contributed by atoms with E-state index in [1.165, 1.54) is 18.1 Å². The minimum atomic E-state index is -0.0364. The van der Waals surface area contributed by atoms with Crippen molar-refractivity contribution in [2.45, 2.75) is 71.4 Å². The van der Waals surface area contributed by atoms with Gasteiger partial charge in [0.2, 0.25) is 5.91 Å². The summed E-state index contributed by atoms with van der Waals surface area (Å²) in [6, 6.07) is 7.07. The minimum absolute atomic E-state index is 0.0364. The Morgan fingerprint density at radius 1 is 1.26 bits per heavy atom. The van der Waals surface area contributed by atoms with Gasteiger partial charge in [0.25, 0.3) is 0 Å². The maximum atomic E-state index is 11.2. The fourth-order valence-electron chi connectivity index (χ4n) is 3.30. The third kappa shape index (κ3) is 5.47. The molecule has 0 spiro atoms. The highest BCUT2D eigenvalue weighted by Crippen LogP contribution is 2.25. The van der Waals surface area contributed by atoms with Gasteiger partial charge in [0.1, 0.15) is 5.78 Å². The van der Waals surface area contributed by atoms with Crippen LogP contribution in [0.5, 0.6) is 0 Å². The molecule has 2 atom stereocenters. The molecule has 1 aliphatic carbocycles. The lowest BCUT2D eigenvalue weighted by Gasteiger charge is -2.30. The Labute approximate surface area is 139 Å². The number of hydrogen-bond donors (Lipinski definition) is 2. The van der Waals surface area contributed by atoms with E-state index in [1.54, 1.807) is 6.92 Å². The standard InChI is InChI=1S/C19H28N2O2/c1-4-17(8-5-13(2)22)21-19-10-7-15-6-9-18(20-14(3)23)11-16(15)12-19/h6,9,11,17,19,21H,4-5,7-8,10,12H2,1-3H3,(H,20,23). The maximum Gasteiger partial charge on any atom is 0.221 e. The van der Waals surface area contributed by atoms with Gasteiger partial charge in [0.05, 0.1) is 0 Å². The molecule has 1 aromatic carbocycles. The Morgan fingerprint density at radius 3 is 2.70 bits per heavy atom. The first-order valence-corrected chi connectivity index (χ1v) is 8.62. The number of aryl methyl sites for hydroxylation is 1. The molecule has 2 rings (SSSR count). The normalized spacial score (nSPS) is 18.1. The molecule has 0 heterocycles. The lowest BCUT2D eigenvalue weighted by Crippen LogP contribution is -2.41. The summed E-state index contributed by atoms with van der Waals surface area (Å²) in [5, 5.41) is 6.58. The summed E-state index contributed by atoms with van der Waals surface area (Å²) in [6.45, 7) is 5.36. The number of rotatable bonds is 7. The van der Waals surface area contributed by atoms with E-state index in [4.69, 9.17) is 0 Å². The summed E-state index contributed by atoms with van der Waals surface area (Å²) in [4.78, 5) is 22.4. The zero-order valence-electron chi connectivity index (χ0n) is 14.4. The molecule has 1 aromatic rings. The molecule has 0 saturated carbocycles. The van der Waals surface area contributed by atoms with Crippen LogP contribution < -0.4 is 10.6 Å². The van der Waals surface area contributed by atoms with Gasteiger partial charge in [-0.3, -0.25) is 4.79 Å². The molecule has 0 aromatic heterocycles. The predicted molar refractivity (Wildman–Crippen MR) is 93.7 cm³/mol. The molecule has 2 N–H and O–H groups in total. The first kappa shape index (κ1) is 17.7. The summed E-state index contributed by atoms with van der Waals surface area (Å²) >= 11 is 0. The van der Waals surface area contributed by atoms with Gasteiger partial charge in [-0.2, -0.15) is 0 Å². The van der Waals surface area contributed by atoms with Crippen molar-refractivity contribution in [1.29, 1.82) is 0 Å². The van der Waals surface area contributed by atoms with Crippen LogP contribution >= 0.6 is 0 Å². The van der Waals surface area contributed by atoms with E-state index in [2.05, 4.69) is 29.7 Å². The highest BCUT2D eigenvalue weighted by Gasteiger charge is 2.21. The van der Waals surface area contributed by atoms with E-state index in [9.17, 15) is 9.59 Å². The highest BCUT2D eigenvalue weighted by atomic mass is 16.1. The van der Waals surface area contributed by atoms with E-state index in [1.807, 2.05) is 6.07 Å². The number of fused-ring (bicyclic) bond motifs is 1. The zero-order chi connectivity index (χ0) is 16.8. The maximum absolute atomic E-state index is 11.2. The van der Waals surface area contributed by atoms with Crippen molar-refractivity contribution in [3.8, 4) is 0 Å². The van der Waals surface area contributed by atoms with Crippen molar-refractivity contribution in [3.63, 3.8) is 0 Å². The molecule has 0 bridgehead atoms. The predicted octanol–water partition coefficient (Wildman–Crippen LogP) is 3.24. The van der Waals surface area contributed by atoms with Crippen molar-refractivity contribution in [2.75, 3.05) is 5.32 Å². The summed E-state index contributed by atoms with van der Waals surface area (Å²) in [5.74, 6) is 0.227. The molecule has 0 aliphatic heterocycles. The Bertz CT molecular complexity index is 568. The number of benzene rings is 1. The second kappa shape index (κ2) is 8.25. The quantitative estimate of drug-likeness (QED) is 0.812. The summed E-state index contributed by atoms with van der Waals surface area (Å²) in [5.41, 5.74) is 3.58. The topological polar surface area (TPSA) is 58.2 Å². The molecule has 23 heavy (non-hydrogen) atoms. The van der Waals surface area contributed by atoms with Crippen LogP contribution in [0.3, 0.4) is 0 Å². The number of anilines is 1. The second-order valence-electron chi connectivity index (χ2n) is 6.62. The molecular weight excluding hydrogens is 288 g/mol. The number of carbonyl (C=O) groups excluding carboxylic acids is 2. The van der Waals surface area contributed by atoms with Crippen molar-refractivity contribution >= 4 is 17.4 Å². The van der Waals surface area contributed by atoms with Crippen LogP contribution in [0.15, 0.2) is 18.2 Å². The zero-order valence-corrected chi connectivity index (χ0v) is 14.4. The van der Waals surface area contributed by atoms with Crippen LogP contribution in [-0.2, 0) is 22.4 Å². The Kier molecular flexibility index (Phi) is 6.34. The Morgan fingerprint density at radius 2 is 2.04 bits per heavy atom. The Hall–Kier alpha value is -1.68. The van der Waals surface area contributed by atoms with E-state index in [0.29, 0.717) is 18.5 Å². The molecule has 1 amide bonds. The first-order valence-electron chi connectivity index (χ1n) is 8.62. The number of nitrogens with one attached hydrogen (secondary N) is 2. The number of carbonyl (C=O) groups is 2. The molecule has 1 aliphatic rings. The Balaban J connectivity index is 1.97. The third-order valence-corrected chi connectivity index (χ3v) is 4.56. The number of Topliss-reactive ketones (excluding diaryl/α,β-unsaturated/α-hetero) is 1. The molecule has 0 saturated heterocycles. The fraction of sp³-hybridized carbons (Fsp3) is 0.579. The highest BCUT2D eigenvalue weighted by molar-refractivity contribution is 5.88. The first-order chi connectivity index (χ1) is 11.0. The molecule has 4 nitrogen and oxygen atoms in total. The summed E-state index contributed by atoms with van der Waals surface area (Å²) in [6.07, 6.45) is 5.80. The van der Waals surface area contributed by atoms with Crippen molar-refractivity contribution in [3.05, 3.63) is 29.3 Å². The SMILES string of the molecule is CCC(CCC(C)=O)NC1CCc2ccc(NC(C)=O)cc2C1. The monoisotopic (exact) mass is 316 g/mol. The molecule has 0 radical (unpaired) electrons. The fourth-order valence-corrected chi connectivity index (χ4v) is 3.30. The van der Waals surface area contributed by atoms with Crippen LogP contribution in [-0.4, -0.2) is 23.8 Å². The lowest BCUT2D eigenvalue weighted by atomic mass is 9.87. The van der Waals surface area contributed by atoms with Gasteiger partial charge in [-0.25, -0.2) is 0 Å². The van der Waals surface area contributed by atoms with Gasteiger partial charge in [0.15, 0.2) is 0 Å². The summed E-state index contributed by atoms with van der Waals surface area (Å²) < 4.78 is 0. The van der Waals surface area contributed by atoms with E-state index < -0.39 is 0 Å². The number of hydrogen-bond acceptors (Lipinski definition) is 3. The van der Waals surface area contributed by atoms with Gasteiger partial charge < -0.3 is 15.4 Å². The van der Waals surface area contributed by atoms with E-state index >= 15 is 0 Å². The second-order valence-corrected chi connectivity index (χ2v) is 6.62. The van der Waals surface area contributed by atoms with Crippen LogP contribution in [0.25, 0.3) is 0 Å². The number of amides is 1. The minimum Gasteiger partial charge on any atom is -0.326 e. The lowest BCUT2D eigenvalue weighted by molar-refractivity contribution is -0.117. The van der Waals surface area contributed by atoms with Gasteiger partial charge in [0, 0.05) is 31.1 Å².